The second kappa shape index (κ2) is 7.28. The van der Waals surface area contributed by atoms with Crippen molar-refractivity contribution >= 4 is 22.4 Å². The number of ether oxygens (including phenoxy) is 3. The molecule has 9 heteroatoms. The number of methoxy groups -OCH3 is 3. The number of nitrogens with zero attached hydrogens (tertiary/aromatic N) is 4. The van der Waals surface area contributed by atoms with E-state index in [-0.39, 0.29) is 5.56 Å². The van der Waals surface area contributed by atoms with Crippen molar-refractivity contribution in [3.8, 4) is 28.6 Å². The molecule has 0 amide bonds. The lowest BCUT2D eigenvalue weighted by Crippen LogP contribution is -2.23. The van der Waals surface area contributed by atoms with Crippen molar-refractivity contribution in [2.45, 2.75) is 0 Å². The SMILES string of the molecule is COc1cc(/C=c2\sc3nc(-c4cccnc4)nn3c2=O)cc(OC)c1OC. The summed E-state index contributed by atoms with van der Waals surface area (Å²) in [5.41, 5.74) is 1.26. The Morgan fingerprint density at radius 1 is 1.11 bits per heavy atom. The lowest BCUT2D eigenvalue weighted by atomic mass is 10.1. The van der Waals surface area contributed by atoms with Crippen LogP contribution < -0.4 is 24.3 Å². The lowest BCUT2D eigenvalue weighted by Gasteiger charge is -2.12. The zero-order chi connectivity index (χ0) is 19.7. The molecule has 28 heavy (non-hydrogen) atoms. The molecular weight excluding hydrogens is 380 g/mol. The maximum atomic E-state index is 12.7. The molecule has 0 radical (unpaired) electrons. The molecule has 0 fully saturated rings. The van der Waals surface area contributed by atoms with Gasteiger partial charge in [-0.15, -0.1) is 5.10 Å². The molecule has 0 N–H and O–H groups in total. The fraction of sp³-hybridized carbons (Fsp3) is 0.158. The quantitative estimate of drug-likeness (QED) is 0.508. The third-order valence-electron chi connectivity index (χ3n) is 4.09. The summed E-state index contributed by atoms with van der Waals surface area (Å²) in [6.45, 7) is 0. The number of hydrogen-bond donors (Lipinski definition) is 0. The molecule has 0 aliphatic rings. The van der Waals surface area contributed by atoms with E-state index < -0.39 is 0 Å². The monoisotopic (exact) mass is 396 g/mol. The second-order valence-corrected chi connectivity index (χ2v) is 6.76. The van der Waals surface area contributed by atoms with Gasteiger partial charge in [0, 0.05) is 18.0 Å². The molecule has 142 valence electrons. The van der Waals surface area contributed by atoms with E-state index in [1.54, 1.807) is 58.0 Å². The van der Waals surface area contributed by atoms with Crippen LogP contribution in [0.3, 0.4) is 0 Å². The Labute approximate surface area is 163 Å². The molecule has 0 aliphatic carbocycles. The minimum absolute atomic E-state index is 0.239. The summed E-state index contributed by atoms with van der Waals surface area (Å²) in [5, 5.41) is 4.31. The van der Waals surface area contributed by atoms with Gasteiger partial charge >= 0.3 is 0 Å². The van der Waals surface area contributed by atoms with Crippen LogP contribution in [0.1, 0.15) is 5.56 Å². The van der Waals surface area contributed by atoms with Crippen LogP contribution in [-0.2, 0) is 0 Å². The van der Waals surface area contributed by atoms with E-state index >= 15 is 0 Å². The van der Waals surface area contributed by atoms with E-state index in [1.165, 1.54) is 15.9 Å². The Morgan fingerprint density at radius 3 is 2.43 bits per heavy atom. The average Bonchev–Trinajstić information content (AvgIpc) is 3.27. The van der Waals surface area contributed by atoms with Gasteiger partial charge in [-0.25, -0.2) is 0 Å². The molecule has 1 aromatic carbocycles. The minimum atomic E-state index is -0.239. The molecule has 0 atom stereocenters. The Morgan fingerprint density at radius 2 is 1.86 bits per heavy atom. The molecule has 3 heterocycles. The van der Waals surface area contributed by atoms with Gasteiger partial charge in [0.1, 0.15) is 0 Å². The predicted molar refractivity (Wildman–Crippen MR) is 105 cm³/mol. The van der Waals surface area contributed by atoms with Gasteiger partial charge in [-0.2, -0.15) is 9.50 Å². The molecule has 0 saturated heterocycles. The zero-order valence-corrected chi connectivity index (χ0v) is 16.2. The molecule has 3 aromatic heterocycles. The van der Waals surface area contributed by atoms with E-state index in [0.29, 0.717) is 32.6 Å². The number of aromatic nitrogens is 4. The molecule has 0 aliphatic heterocycles. The fourth-order valence-electron chi connectivity index (χ4n) is 2.79. The summed E-state index contributed by atoms with van der Waals surface area (Å²) in [7, 11) is 4.63. The van der Waals surface area contributed by atoms with Crippen LogP contribution in [0.4, 0.5) is 0 Å². The summed E-state index contributed by atoms with van der Waals surface area (Å²) < 4.78 is 17.9. The van der Waals surface area contributed by atoms with E-state index in [2.05, 4.69) is 15.1 Å². The van der Waals surface area contributed by atoms with E-state index in [1.807, 2.05) is 6.07 Å². The molecule has 4 aromatic rings. The molecule has 8 nitrogen and oxygen atoms in total. The topological polar surface area (TPSA) is 87.8 Å². The molecule has 0 spiro atoms. The van der Waals surface area contributed by atoms with Gasteiger partial charge in [0.25, 0.3) is 5.56 Å². The lowest BCUT2D eigenvalue weighted by molar-refractivity contribution is 0.324. The normalized spacial score (nSPS) is 11.8. The van der Waals surface area contributed by atoms with Crippen LogP contribution in [0.15, 0.2) is 41.5 Å². The van der Waals surface area contributed by atoms with Crippen molar-refractivity contribution in [1.29, 1.82) is 0 Å². The van der Waals surface area contributed by atoms with Gasteiger partial charge in [0.05, 0.1) is 25.9 Å². The molecule has 0 unspecified atom stereocenters. The van der Waals surface area contributed by atoms with Crippen LogP contribution >= 0.6 is 11.3 Å². The number of hydrogen-bond acceptors (Lipinski definition) is 8. The number of fused-ring (bicyclic) bond motifs is 1. The van der Waals surface area contributed by atoms with Crippen LogP contribution in [0, 0.1) is 0 Å². The maximum Gasteiger partial charge on any atom is 0.291 e. The third kappa shape index (κ3) is 3.05. The van der Waals surface area contributed by atoms with E-state index in [9.17, 15) is 4.79 Å². The average molecular weight is 396 g/mol. The Bertz CT molecular complexity index is 1230. The van der Waals surface area contributed by atoms with Crippen molar-refractivity contribution in [3.05, 3.63) is 57.1 Å². The summed E-state index contributed by atoms with van der Waals surface area (Å²) >= 11 is 1.26. The van der Waals surface area contributed by atoms with Gasteiger partial charge in [-0.05, 0) is 35.9 Å². The molecule has 0 saturated carbocycles. The molecular formula is C19H16N4O4S. The molecule has 4 rings (SSSR count). The zero-order valence-electron chi connectivity index (χ0n) is 15.4. The van der Waals surface area contributed by atoms with Crippen molar-refractivity contribution in [2.75, 3.05) is 21.3 Å². The number of pyridine rings is 1. The van der Waals surface area contributed by atoms with E-state index in [0.717, 1.165) is 11.1 Å². The third-order valence-corrected chi connectivity index (χ3v) is 5.05. The van der Waals surface area contributed by atoms with Crippen molar-refractivity contribution < 1.29 is 14.2 Å². The van der Waals surface area contributed by atoms with Crippen molar-refractivity contribution in [3.63, 3.8) is 0 Å². The minimum Gasteiger partial charge on any atom is -0.493 e. The highest BCUT2D eigenvalue weighted by atomic mass is 32.1. The van der Waals surface area contributed by atoms with Gasteiger partial charge in [0.15, 0.2) is 17.3 Å². The summed E-state index contributed by atoms with van der Waals surface area (Å²) in [5.74, 6) is 1.99. The van der Waals surface area contributed by atoms with Crippen LogP contribution in [0.5, 0.6) is 17.2 Å². The van der Waals surface area contributed by atoms with Crippen LogP contribution in [0.2, 0.25) is 0 Å². The maximum absolute atomic E-state index is 12.7. The second-order valence-electron chi connectivity index (χ2n) is 5.75. The summed E-state index contributed by atoms with van der Waals surface area (Å²) in [4.78, 5) is 21.8. The van der Waals surface area contributed by atoms with Gasteiger partial charge in [-0.3, -0.25) is 9.78 Å². The van der Waals surface area contributed by atoms with Gasteiger partial charge in [-0.1, -0.05) is 11.3 Å². The number of benzene rings is 1. The first kappa shape index (κ1) is 17.9. The van der Waals surface area contributed by atoms with Crippen molar-refractivity contribution in [2.24, 2.45) is 0 Å². The standard InChI is InChI=1S/C19H16N4O4S/c1-25-13-7-11(8-14(26-2)16(13)27-3)9-15-18(24)23-19(28-15)21-17(22-23)12-5-4-6-20-10-12/h4-10H,1-3H3/b15-9-. The molecule has 0 bridgehead atoms. The first-order chi connectivity index (χ1) is 13.6. The summed E-state index contributed by atoms with van der Waals surface area (Å²) in [6.07, 6.45) is 5.08. The highest BCUT2D eigenvalue weighted by Gasteiger charge is 2.14. The predicted octanol–water partition coefficient (Wildman–Crippen LogP) is 1.79. The smallest absolute Gasteiger partial charge is 0.291 e. The highest BCUT2D eigenvalue weighted by Crippen LogP contribution is 2.38. The van der Waals surface area contributed by atoms with Crippen LogP contribution in [0.25, 0.3) is 22.4 Å². The van der Waals surface area contributed by atoms with E-state index in [4.69, 9.17) is 14.2 Å². The highest BCUT2D eigenvalue weighted by molar-refractivity contribution is 7.15. The van der Waals surface area contributed by atoms with Crippen LogP contribution in [-0.4, -0.2) is 40.9 Å². The fourth-order valence-corrected chi connectivity index (χ4v) is 3.69. The number of rotatable bonds is 5. The Kier molecular flexibility index (Phi) is 4.66. The summed E-state index contributed by atoms with van der Waals surface area (Å²) in [6, 6.07) is 7.20. The van der Waals surface area contributed by atoms with Crippen molar-refractivity contribution in [1.82, 2.24) is 19.6 Å². The largest absolute Gasteiger partial charge is 0.493 e. The first-order valence-corrected chi connectivity index (χ1v) is 9.08. The van der Waals surface area contributed by atoms with Gasteiger partial charge < -0.3 is 14.2 Å². The Hall–Kier alpha value is -3.46. The Balaban J connectivity index is 1.81. The number of thiazole rings is 1. The first-order valence-electron chi connectivity index (χ1n) is 8.26. The van der Waals surface area contributed by atoms with Gasteiger partial charge in [0.2, 0.25) is 10.7 Å².